The van der Waals surface area contributed by atoms with E-state index < -0.39 is 12.5 Å². The molecule has 2 rings (SSSR count). The fourth-order valence-electron chi connectivity index (χ4n) is 2.00. The van der Waals surface area contributed by atoms with E-state index in [0.29, 0.717) is 5.56 Å². The lowest BCUT2D eigenvalue weighted by atomic mass is 10.0. The number of ether oxygens (including phenoxy) is 1. The Morgan fingerprint density at radius 1 is 1.06 bits per heavy atom. The molecule has 0 fully saturated rings. The quantitative estimate of drug-likeness (QED) is 0.899. The molecule has 0 heterocycles. The van der Waals surface area contributed by atoms with Gasteiger partial charge in [0.1, 0.15) is 5.75 Å². The summed E-state index contributed by atoms with van der Waals surface area (Å²) in [5, 5.41) is 4.53. The van der Waals surface area contributed by atoms with Crippen LogP contribution >= 0.6 is 0 Å². The van der Waals surface area contributed by atoms with Gasteiger partial charge in [-0.15, -0.1) is 0 Å². The van der Waals surface area contributed by atoms with E-state index >= 15 is 0 Å². The Kier molecular flexibility index (Phi) is 3.77. The lowest BCUT2D eigenvalue weighted by molar-refractivity contribution is 0.102. The first-order valence-electron chi connectivity index (χ1n) is 5.69. The largest absolute Gasteiger partial charge is 0.497 e. The Morgan fingerprint density at radius 2 is 1.72 bits per heavy atom. The molecule has 0 bridgehead atoms. The van der Waals surface area contributed by atoms with Crippen molar-refractivity contribution in [2.45, 2.75) is 12.5 Å². The van der Waals surface area contributed by atoms with Gasteiger partial charge < -0.3 is 10.1 Å². The molecule has 2 nitrogen and oxygen atoms in total. The van der Waals surface area contributed by atoms with Crippen LogP contribution in [0.1, 0.15) is 11.6 Å². The van der Waals surface area contributed by atoms with Crippen LogP contribution in [0.2, 0.25) is 0 Å². The van der Waals surface area contributed by atoms with Crippen LogP contribution in [0.5, 0.6) is 5.75 Å². The van der Waals surface area contributed by atoms with Gasteiger partial charge in [0.05, 0.1) is 13.2 Å². The van der Waals surface area contributed by atoms with Gasteiger partial charge in [-0.05, 0) is 41.6 Å². The minimum Gasteiger partial charge on any atom is -0.497 e. The maximum atomic E-state index is 12.8. The first-order chi connectivity index (χ1) is 8.65. The summed E-state index contributed by atoms with van der Waals surface area (Å²) < 4.78 is 30.8. The maximum absolute atomic E-state index is 12.8. The average Bonchev–Trinajstić information content (AvgIpc) is 2.38. The van der Waals surface area contributed by atoms with Gasteiger partial charge in [-0.2, -0.15) is 0 Å². The lowest BCUT2D eigenvalue weighted by Gasteiger charge is -2.16. The second kappa shape index (κ2) is 5.31. The summed E-state index contributed by atoms with van der Waals surface area (Å²) >= 11 is 0. The average molecular weight is 251 g/mol. The summed E-state index contributed by atoms with van der Waals surface area (Å²) in [5.41, 5.74) is 0.588. The number of hydrogen-bond acceptors (Lipinski definition) is 2. The van der Waals surface area contributed by atoms with E-state index in [1.54, 1.807) is 19.2 Å². The minimum absolute atomic E-state index is 0.588. The van der Waals surface area contributed by atoms with Crippen molar-refractivity contribution in [3.63, 3.8) is 0 Å². The van der Waals surface area contributed by atoms with Crippen molar-refractivity contribution in [3.8, 4) is 5.75 Å². The smallest absolute Gasteiger partial charge is 0.257 e. The van der Waals surface area contributed by atoms with Crippen LogP contribution < -0.4 is 10.1 Å². The van der Waals surface area contributed by atoms with Crippen molar-refractivity contribution in [1.82, 2.24) is 5.32 Å². The summed E-state index contributed by atoms with van der Waals surface area (Å²) in [6.45, 7) is 0. The summed E-state index contributed by atoms with van der Waals surface area (Å²) in [7, 11) is 3.14. The predicted octanol–water partition coefficient (Wildman–Crippen LogP) is 3.37. The van der Waals surface area contributed by atoms with Crippen molar-refractivity contribution in [3.05, 3.63) is 42.0 Å². The SMILES string of the molecule is CNC(c1ccc2cc(OC)ccc2c1)C(F)F. The zero-order valence-corrected chi connectivity index (χ0v) is 10.3. The van der Waals surface area contributed by atoms with Crippen molar-refractivity contribution >= 4 is 10.8 Å². The molecule has 1 N–H and O–H groups in total. The van der Waals surface area contributed by atoms with Crippen molar-refractivity contribution in [1.29, 1.82) is 0 Å². The lowest BCUT2D eigenvalue weighted by Crippen LogP contribution is -2.23. The first kappa shape index (κ1) is 12.8. The Balaban J connectivity index is 2.44. The van der Waals surface area contributed by atoms with E-state index in [2.05, 4.69) is 5.32 Å². The van der Waals surface area contributed by atoms with E-state index in [4.69, 9.17) is 4.74 Å². The van der Waals surface area contributed by atoms with Crippen LogP contribution in [0.3, 0.4) is 0 Å². The highest BCUT2D eigenvalue weighted by molar-refractivity contribution is 5.84. The highest BCUT2D eigenvalue weighted by Gasteiger charge is 2.20. The number of hydrogen-bond donors (Lipinski definition) is 1. The number of rotatable bonds is 4. The van der Waals surface area contributed by atoms with E-state index in [9.17, 15) is 8.78 Å². The summed E-state index contributed by atoms with van der Waals surface area (Å²) in [4.78, 5) is 0. The zero-order chi connectivity index (χ0) is 13.1. The molecular formula is C14H15F2NO. The van der Waals surface area contributed by atoms with Crippen LogP contribution in [-0.4, -0.2) is 20.6 Å². The third-order valence-corrected chi connectivity index (χ3v) is 2.99. The molecular weight excluding hydrogens is 236 g/mol. The number of alkyl halides is 2. The molecule has 0 aromatic heterocycles. The summed E-state index contributed by atoms with van der Waals surface area (Å²) in [5.74, 6) is 0.759. The van der Waals surface area contributed by atoms with Crippen LogP contribution in [0.25, 0.3) is 10.8 Å². The second-order valence-electron chi connectivity index (χ2n) is 4.07. The highest BCUT2D eigenvalue weighted by Crippen LogP contribution is 2.26. The van der Waals surface area contributed by atoms with Gasteiger partial charge in [0.2, 0.25) is 0 Å². The van der Waals surface area contributed by atoms with E-state index in [1.165, 1.54) is 7.05 Å². The molecule has 4 heteroatoms. The third-order valence-electron chi connectivity index (χ3n) is 2.99. The Labute approximate surface area is 105 Å². The van der Waals surface area contributed by atoms with Gasteiger partial charge in [-0.1, -0.05) is 18.2 Å². The van der Waals surface area contributed by atoms with E-state index in [1.807, 2.05) is 24.3 Å². The predicted molar refractivity (Wildman–Crippen MR) is 68.3 cm³/mol. The Hall–Kier alpha value is -1.68. The first-order valence-corrected chi connectivity index (χ1v) is 5.69. The van der Waals surface area contributed by atoms with Gasteiger partial charge in [0.15, 0.2) is 0 Å². The van der Waals surface area contributed by atoms with Gasteiger partial charge in [-0.25, -0.2) is 8.78 Å². The normalized spacial score (nSPS) is 12.9. The van der Waals surface area contributed by atoms with Crippen LogP contribution in [-0.2, 0) is 0 Å². The number of nitrogens with one attached hydrogen (secondary N) is 1. The molecule has 0 aliphatic rings. The van der Waals surface area contributed by atoms with Crippen LogP contribution in [0.4, 0.5) is 8.78 Å². The Bertz CT molecular complexity index is 542. The van der Waals surface area contributed by atoms with Gasteiger partial charge in [-0.3, -0.25) is 0 Å². The molecule has 0 amide bonds. The molecule has 1 unspecified atom stereocenters. The van der Waals surface area contributed by atoms with Crippen molar-refractivity contribution in [2.24, 2.45) is 0 Å². The number of fused-ring (bicyclic) bond motifs is 1. The molecule has 0 saturated heterocycles. The van der Waals surface area contributed by atoms with E-state index in [0.717, 1.165) is 16.5 Å². The van der Waals surface area contributed by atoms with Gasteiger partial charge in [0, 0.05) is 0 Å². The Morgan fingerprint density at radius 3 is 2.33 bits per heavy atom. The van der Waals surface area contributed by atoms with Gasteiger partial charge >= 0.3 is 0 Å². The fraction of sp³-hybridized carbons (Fsp3) is 0.286. The second-order valence-corrected chi connectivity index (χ2v) is 4.07. The molecule has 2 aromatic carbocycles. The molecule has 0 spiro atoms. The molecule has 96 valence electrons. The van der Waals surface area contributed by atoms with E-state index in [-0.39, 0.29) is 0 Å². The maximum Gasteiger partial charge on any atom is 0.257 e. The molecule has 2 aromatic rings. The topological polar surface area (TPSA) is 21.3 Å². The molecule has 18 heavy (non-hydrogen) atoms. The standard InChI is InChI=1S/C14H15F2NO/c1-17-13(14(15)16)11-4-3-10-8-12(18-2)6-5-9(10)7-11/h3-8,13-14,17H,1-2H3. The summed E-state index contributed by atoms with van der Waals surface area (Å²) in [6, 6.07) is 9.97. The molecule has 0 aliphatic heterocycles. The molecule has 0 saturated carbocycles. The van der Waals surface area contributed by atoms with Gasteiger partial charge in [0.25, 0.3) is 6.43 Å². The van der Waals surface area contributed by atoms with Crippen molar-refractivity contribution < 1.29 is 13.5 Å². The number of benzene rings is 2. The number of halogens is 2. The molecule has 0 aliphatic carbocycles. The van der Waals surface area contributed by atoms with Crippen LogP contribution in [0, 0.1) is 0 Å². The number of methoxy groups -OCH3 is 1. The van der Waals surface area contributed by atoms with Crippen molar-refractivity contribution in [2.75, 3.05) is 14.2 Å². The minimum atomic E-state index is -2.43. The monoisotopic (exact) mass is 251 g/mol. The third kappa shape index (κ3) is 2.43. The highest BCUT2D eigenvalue weighted by atomic mass is 19.3. The van der Waals surface area contributed by atoms with Crippen LogP contribution in [0.15, 0.2) is 36.4 Å². The zero-order valence-electron chi connectivity index (χ0n) is 10.3. The molecule has 1 atom stereocenters. The fourth-order valence-corrected chi connectivity index (χ4v) is 2.00. The molecule has 0 radical (unpaired) electrons. The summed E-state index contributed by atoms with van der Waals surface area (Å²) in [6.07, 6.45) is -2.43.